The molecule has 0 amide bonds. The lowest BCUT2D eigenvalue weighted by Gasteiger charge is -2.12. The zero-order valence-electron chi connectivity index (χ0n) is 8.95. The van der Waals surface area contributed by atoms with Crippen molar-refractivity contribution in [2.24, 2.45) is 11.0 Å². The molecule has 0 radical (unpaired) electrons. The minimum Gasteiger partial charge on any atom is -0.254 e. The van der Waals surface area contributed by atoms with Crippen molar-refractivity contribution in [1.82, 2.24) is 9.40 Å². The lowest BCUT2D eigenvalue weighted by molar-refractivity contribution is 0.419. The highest BCUT2D eigenvalue weighted by Gasteiger charge is 2.13. The van der Waals surface area contributed by atoms with Gasteiger partial charge < -0.3 is 0 Å². The molecule has 2 rings (SSSR count). The van der Waals surface area contributed by atoms with Crippen molar-refractivity contribution in [2.45, 2.75) is 6.54 Å². The molecule has 0 bridgehead atoms. The Morgan fingerprint density at radius 2 is 1.88 bits per heavy atom. The fourth-order valence-electron chi connectivity index (χ4n) is 1.45. The first-order chi connectivity index (χ1) is 7.97. The van der Waals surface area contributed by atoms with Crippen LogP contribution in [-0.2, 0) is 16.8 Å². The molecule has 2 aromatic rings. The topological polar surface area (TPSA) is 102 Å². The van der Waals surface area contributed by atoms with Crippen LogP contribution in [0, 0.1) is 0 Å². The third-order valence-electron chi connectivity index (χ3n) is 2.30. The minimum absolute atomic E-state index is 0.0519. The Bertz CT molecular complexity index is 642. The highest BCUT2D eigenvalue weighted by Crippen LogP contribution is 2.12. The van der Waals surface area contributed by atoms with E-state index in [1.807, 2.05) is 30.3 Å². The summed E-state index contributed by atoms with van der Waals surface area (Å²) in [4.78, 5) is 4.29. The van der Waals surface area contributed by atoms with Gasteiger partial charge in [-0.25, -0.2) is 5.14 Å². The number of para-hydroxylation sites is 1. The number of nitrogens with zero attached hydrogens (tertiary/aromatic N) is 2. The maximum absolute atomic E-state index is 11.0. The molecule has 1 aromatic carbocycles. The van der Waals surface area contributed by atoms with E-state index in [9.17, 15) is 8.42 Å². The normalized spacial score (nSPS) is 12.2. The van der Waals surface area contributed by atoms with Crippen LogP contribution in [0.5, 0.6) is 0 Å². The van der Waals surface area contributed by atoms with E-state index in [-0.39, 0.29) is 6.54 Å². The van der Waals surface area contributed by atoms with Gasteiger partial charge in [-0.1, -0.05) is 24.3 Å². The Morgan fingerprint density at radius 1 is 1.18 bits per heavy atom. The van der Waals surface area contributed by atoms with E-state index in [2.05, 4.69) is 4.98 Å². The molecular formula is C10H12N4O2S. The number of aromatic nitrogens is 1. The maximum Gasteiger partial charge on any atom is 0.289 e. The van der Waals surface area contributed by atoms with E-state index in [0.29, 0.717) is 10.1 Å². The third-order valence-corrected chi connectivity index (χ3v) is 3.08. The predicted molar refractivity (Wildman–Crippen MR) is 64.6 cm³/mol. The molecule has 0 saturated carbocycles. The summed E-state index contributed by atoms with van der Waals surface area (Å²) in [6.45, 7) is -0.0519. The van der Waals surface area contributed by atoms with Crippen molar-refractivity contribution in [1.29, 1.82) is 0 Å². The van der Waals surface area contributed by atoms with Gasteiger partial charge >= 0.3 is 0 Å². The van der Waals surface area contributed by atoms with Crippen LogP contribution in [0.2, 0.25) is 0 Å². The lowest BCUT2D eigenvalue weighted by Crippen LogP contribution is -2.41. The van der Waals surface area contributed by atoms with Gasteiger partial charge in [-0.2, -0.15) is 8.42 Å². The second-order valence-corrected chi connectivity index (χ2v) is 5.08. The molecule has 0 fully saturated rings. The Hall–Kier alpha value is -1.54. The van der Waals surface area contributed by atoms with Crippen molar-refractivity contribution in [3.8, 4) is 0 Å². The monoisotopic (exact) mass is 252 g/mol. The molecule has 1 aromatic heterocycles. The zero-order valence-corrected chi connectivity index (χ0v) is 9.76. The van der Waals surface area contributed by atoms with Gasteiger partial charge in [-0.05, 0) is 12.1 Å². The number of pyridine rings is 1. The maximum atomic E-state index is 11.0. The van der Waals surface area contributed by atoms with E-state index in [1.54, 1.807) is 6.07 Å². The summed E-state index contributed by atoms with van der Waals surface area (Å²) >= 11 is 0. The first-order valence-electron chi connectivity index (χ1n) is 4.86. The largest absolute Gasteiger partial charge is 0.289 e. The van der Waals surface area contributed by atoms with Crippen LogP contribution in [-0.4, -0.2) is 17.8 Å². The number of hydrogen-bond acceptors (Lipinski definition) is 4. The van der Waals surface area contributed by atoms with Crippen molar-refractivity contribution < 1.29 is 8.42 Å². The quantitative estimate of drug-likeness (QED) is 0.598. The van der Waals surface area contributed by atoms with Crippen LogP contribution in [0.4, 0.5) is 0 Å². The van der Waals surface area contributed by atoms with E-state index in [4.69, 9.17) is 11.0 Å². The van der Waals surface area contributed by atoms with Crippen LogP contribution < -0.4 is 11.0 Å². The van der Waals surface area contributed by atoms with Crippen molar-refractivity contribution in [3.05, 3.63) is 42.1 Å². The minimum atomic E-state index is -3.88. The number of rotatable bonds is 3. The van der Waals surface area contributed by atoms with Crippen LogP contribution in [0.3, 0.4) is 0 Å². The first-order valence-corrected chi connectivity index (χ1v) is 6.37. The SMILES string of the molecule is NN(Cc1ccc2ccccc2n1)S(N)(=O)=O. The van der Waals surface area contributed by atoms with E-state index >= 15 is 0 Å². The molecule has 0 unspecified atom stereocenters. The van der Waals surface area contributed by atoms with Gasteiger partial charge in [0.25, 0.3) is 10.2 Å². The summed E-state index contributed by atoms with van der Waals surface area (Å²) < 4.78 is 22.5. The number of fused-ring (bicyclic) bond motifs is 1. The summed E-state index contributed by atoms with van der Waals surface area (Å²) in [5, 5.41) is 5.87. The molecule has 0 spiro atoms. The van der Waals surface area contributed by atoms with Crippen LogP contribution >= 0.6 is 0 Å². The van der Waals surface area contributed by atoms with Crippen molar-refractivity contribution >= 4 is 21.1 Å². The number of benzene rings is 1. The predicted octanol–water partition coefficient (Wildman–Crippen LogP) is 0.114. The molecule has 7 heteroatoms. The molecule has 1 heterocycles. The molecular weight excluding hydrogens is 240 g/mol. The van der Waals surface area contributed by atoms with Gasteiger partial charge in [-0.15, -0.1) is 4.41 Å². The van der Waals surface area contributed by atoms with E-state index in [1.165, 1.54) is 0 Å². The first kappa shape index (κ1) is 11.9. The van der Waals surface area contributed by atoms with Gasteiger partial charge in [0.05, 0.1) is 17.8 Å². The van der Waals surface area contributed by atoms with Gasteiger partial charge in [-0.3, -0.25) is 10.8 Å². The molecule has 17 heavy (non-hydrogen) atoms. The van der Waals surface area contributed by atoms with Crippen LogP contribution in [0.15, 0.2) is 36.4 Å². The van der Waals surface area contributed by atoms with Gasteiger partial charge in [0, 0.05) is 5.39 Å². The average Bonchev–Trinajstić information content (AvgIpc) is 2.27. The molecule has 0 atom stereocenters. The fraction of sp³-hybridized carbons (Fsp3) is 0.100. The number of hydrogen-bond donors (Lipinski definition) is 2. The Morgan fingerprint density at radius 3 is 2.59 bits per heavy atom. The highest BCUT2D eigenvalue weighted by atomic mass is 32.2. The molecule has 0 aliphatic carbocycles. The zero-order chi connectivity index (χ0) is 12.5. The van der Waals surface area contributed by atoms with Gasteiger partial charge in [0.15, 0.2) is 0 Å². The van der Waals surface area contributed by atoms with Gasteiger partial charge in [0.2, 0.25) is 0 Å². The summed E-state index contributed by atoms with van der Waals surface area (Å²) in [5.41, 5.74) is 1.33. The fourth-order valence-corrected chi connectivity index (χ4v) is 1.76. The molecule has 0 aliphatic heterocycles. The van der Waals surface area contributed by atoms with E-state index < -0.39 is 10.2 Å². The van der Waals surface area contributed by atoms with Crippen LogP contribution in [0.25, 0.3) is 10.9 Å². The number of hydrazine groups is 1. The summed E-state index contributed by atoms with van der Waals surface area (Å²) in [7, 11) is -3.88. The summed E-state index contributed by atoms with van der Waals surface area (Å²) in [5.74, 6) is 5.31. The van der Waals surface area contributed by atoms with Crippen molar-refractivity contribution in [2.75, 3.05) is 0 Å². The molecule has 90 valence electrons. The van der Waals surface area contributed by atoms with Gasteiger partial charge in [0.1, 0.15) is 0 Å². The Balaban J connectivity index is 2.31. The molecule has 6 nitrogen and oxygen atoms in total. The molecule has 4 N–H and O–H groups in total. The second kappa shape index (κ2) is 4.38. The van der Waals surface area contributed by atoms with Crippen LogP contribution in [0.1, 0.15) is 5.69 Å². The lowest BCUT2D eigenvalue weighted by atomic mass is 10.2. The smallest absolute Gasteiger partial charge is 0.254 e. The van der Waals surface area contributed by atoms with E-state index in [0.717, 1.165) is 10.9 Å². The molecule has 0 saturated heterocycles. The Labute approximate surface area is 99.0 Å². The summed E-state index contributed by atoms with van der Waals surface area (Å²) in [6, 6.07) is 11.1. The van der Waals surface area contributed by atoms with Crippen molar-refractivity contribution in [3.63, 3.8) is 0 Å². The Kier molecular flexibility index (Phi) is 3.07. The second-order valence-electron chi connectivity index (χ2n) is 3.59. The average molecular weight is 252 g/mol. The summed E-state index contributed by atoms with van der Waals surface area (Å²) in [6.07, 6.45) is 0. The highest BCUT2D eigenvalue weighted by molar-refractivity contribution is 7.86. The third kappa shape index (κ3) is 2.77. The molecule has 0 aliphatic rings. The standard InChI is InChI=1S/C10H12N4O2S/c11-14(17(12,15)16)7-9-6-5-8-3-1-2-4-10(8)13-9/h1-6H,7,11H2,(H2,12,15,16). The number of nitrogens with two attached hydrogens (primary N) is 2.